The number of carboxylic acid groups (broad SMARTS) is 1. The maximum Gasteiger partial charge on any atom is 0.304 e. The van der Waals surface area contributed by atoms with Gasteiger partial charge in [-0.1, -0.05) is 13.8 Å². The number of aliphatic hydroxyl groups is 1. The summed E-state index contributed by atoms with van der Waals surface area (Å²) in [6, 6.07) is 0. The van der Waals surface area contributed by atoms with E-state index in [-0.39, 0.29) is 13.0 Å². The molecule has 0 bridgehead atoms. The molecule has 0 heterocycles. The first-order valence-corrected chi connectivity index (χ1v) is 5.11. The molecule has 4 nitrogen and oxygen atoms in total. The lowest BCUT2D eigenvalue weighted by Gasteiger charge is -2.21. The van der Waals surface area contributed by atoms with Gasteiger partial charge in [0.25, 0.3) is 0 Å². The van der Waals surface area contributed by atoms with Gasteiger partial charge in [-0.2, -0.15) is 0 Å². The summed E-state index contributed by atoms with van der Waals surface area (Å²) in [6.07, 6.45) is 1.19. The summed E-state index contributed by atoms with van der Waals surface area (Å²) in [5, 5.41) is 17.3. The van der Waals surface area contributed by atoms with Crippen LogP contribution in [0.2, 0.25) is 0 Å². The van der Waals surface area contributed by atoms with Crippen molar-refractivity contribution in [1.29, 1.82) is 0 Å². The van der Waals surface area contributed by atoms with Gasteiger partial charge in [0.2, 0.25) is 0 Å². The summed E-state index contributed by atoms with van der Waals surface area (Å²) < 4.78 is 0. The van der Waals surface area contributed by atoms with Gasteiger partial charge in [0, 0.05) is 13.1 Å². The van der Waals surface area contributed by atoms with Gasteiger partial charge in [-0.3, -0.25) is 4.79 Å². The Bertz CT molecular complexity index is 159. The molecular formula is C10H21NO3. The molecule has 0 saturated carbocycles. The van der Waals surface area contributed by atoms with E-state index in [2.05, 4.69) is 13.8 Å². The predicted octanol–water partition coefficient (Wildman–Crippen LogP) is 0.802. The van der Waals surface area contributed by atoms with Crippen molar-refractivity contribution >= 4 is 5.97 Å². The van der Waals surface area contributed by atoms with Crippen molar-refractivity contribution in [1.82, 2.24) is 4.90 Å². The molecule has 0 radical (unpaired) electrons. The second kappa shape index (κ2) is 7.76. The topological polar surface area (TPSA) is 60.8 Å². The zero-order chi connectivity index (χ0) is 11.0. The normalized spacial score (nSPS) is 11.2. The Morgan fingerprint density at radius 3 is 2.36 bits per heavy atom. The zero-order valence-corrected chi connectivity index (χ0v) is 9.07. The van der Waals surface area contributed by atoms with Crippen LogP contribution >= 0.6 is 0 Å². The van der Waals surface area contributed by atoms with E-state index >= 15 is 0 Å². The van der Waals surface area contributed by atoms with Crippen LogP contribution < -0.4 is 0 Å². The lowest BCUT2D eigenvalue weighted by molar-refractivity contribution is -0.137. The minimum absolute atomic E-state index is 0.0950. The van der Waals surface area contributed by atoms with Crippen LogP contribution in [-0.4, -0.2) is 47.3 Å². The first-order valence-electron chi connectivity index (χ1n) is 5.11. The summed E-state index contributed by atoms with van der Waals surface area (Å²) in [6.45, 7) is 6.33. The van der Waals surface area contributed by atoms with Gasteiger partial charge in [-0.15, -0.1) is 0 Å². The number of hydrogen-bond acceptors (Lipinski definition) is 3. The summed E-state index contributed by atoms with van der Waals surface area (Å²) in [5.74, 6) is -0.168. The van der Waals surface area contributed by atoms with Crippen LogP contribution in [0.4, 0.5) is 0 Å². The number of aliphatic hydroxyl groups excluding tert-OH is 1. The fourth-order valence-electron chi connectivity index (χ4n) is 1.17. The number of hydrogen-bond donors (Lipinski definition) is 2. The Hall–Kier alpha value is -0.610. The molecule has 0 unspecified atom stereocenters. The number of carboxylic acids is 1. The lowest BCUT2D eigenvalue weighted by atomic mass is 10.1. The minimum Gasteiger partial charge on any atom is -0.481 e. The van der Waals surface area contributed by atoms with Gasteiger partial charge in [-0.25, -0.2) is 0 Å². The van der Waals surface area contributed by atoms with Gasteiger partial charge >= 0.3 is 5.97 Å². The molecule has 0 aromatic carbocycles. The van der Waals surface area contributed by atoms with Crippen molar-refractivity contribution < 1.29 is 15.0 Å². The van der Waals surface area contributed by atoms with Crippen molar-refractivity contribution in [3.05, 3.63) is 0 Å². The van der Waals surface area contributed by atoms with Gasteiger partial charge in [0.05, 0.1) is 13.0 Å². The van der Waals surface area contributed by atoms with E-state index < -0.39 is 5.97 Å². The molecule has 14 heavy (non-hydrogen) atoms. The first-order chi connectivity index (χ1) is 6.56. The fourth-order valence-corrected chi connectivity index (χ4v) is 1.17. The van der Waals surface area contributed by atoms with E-state index in [4.69, 9.17) is 10.2 Å². The standard InChI is InChI=1S/C10H21NO3/c1-9(2)3-5-11(7-8-12)6-4-10(13)14/h9,12H,3-8H2,1-2H3,(H,13,14). The van der Waals surface area contributed by atoms with E-state index in [1.165, 1.54) is 0 Å². The molecule has 0 saturated heterocycles. The summed E-state index contributed by atoms with van der Waals surface area (Å²) in [4.78, 5) is 12.4. The first kappa shape index (κ1) is 13.4. The van der Waals surface area contributed by atoms with E-state index in [0.717, 1.165) is 13.0 Å². The SMILES string of the molecule is CC(C)CCN(CCO)CCC(=O)O. The maximum absolute atomic E-state index is 10.4. The van der Waals surface area contributed by atoms with Crippen LogP contribution in [0, 0.1) is 5.92 Å². The predicted molar refractivity (Wildman–Crippen MR) is 55.2 cm³/mol. The Balaban J connectivity index is 3.70. The summed E-state index contributed by atoms with van der Waals surface area (Å²) >= 11 is 0. The highest BCUT2D eigenvalue weighted by atomic mass is 16.4. The molecule has 0 aliphatic rings. The molecule has 84 valence electrons. The smallest absolute Gasteiger partial charge is 0.304 e. The van der Waals surface area contributed by atoms with E-state index in [1.54, 1.807) is 0 Å². The van der Waals surface area contributed by atoms with Crippen molar-refractivity contribution in [2.24, 2.45) is 5.92 Å². The van der Waals surface area contributed by atoms with Crippen molar-refractivity contribution in [3.8, 4) is 0 Å². The molecule has 0 spiro atoms. The quantitative estimate of drug-likeness (QED) is 0.612. The van der Waals surface area contributed by atoms with Crippen LogP contribution in [0.3, 0.4) is 0 Å². The third kappa shape index (κ3) is 8.01. The number of nitrogens with zero attached hydrogens (tertiary/aromatic N) is 1. The van der Waals surface area contributed by atoms with Crippen LogP contribution in [-0.2, 0) is 4.79 Å². The molecule has 0 atom stereocenters. The van der Waals surface area contributed by atoms with Gasteiger partial charge < -0.3 is 15.1 Å². The molecule has 4 heteroatoms. The van der Waals surface area contributed by atoms with Crippen LogP contribution in [0.25, 0.3) is 0 Å². The summed E-state index contributed by atoms with van der Waals surface area (Å²) in [7, 11) is 0. The van der Waals surface area contributed by atoms with Crippen LogP contribution in [0.1, 0.15) is 26.7 Å². The molecule has 0 rings (SSSR count). The Kier molecular flexibility index (Phi) is 7.42. The maximum atomic E-state index is 10.4. The average molecular weight is 203 g/mol. The second-order valence-electron chi connectivity index (χ2n) is 3.89. The molecule has 0 aromatic rings. The monoisotopic (exact) mass is 203 g/mol. The number of aliphatic carboxylic acids is 1. The van der Waals surface area contributed by atoms with Gasteiger partial charge in [0.1, 0.15) is 0 Å². The lowest BCUT2D eigenvalue weighted by Crippen LogP contribution is -2.31. The van der Waals surface area contributed by atoms with E-state index in [0.29, 0.717) is 19.0 Å². The van der Waals surface area contributed by atoms with E-state index in [9.17, 15) is 4.79 Å². The second-order valence-corrected chi connectivity index (χ2v) is 3.89. The van der Waals surface area contributed by atoms with Gasteiger partial charge in [0.15, 0.2) is 0 Å². The third-order valence-electron chi connectivity index (χ3n) is 2.08. The highest BCUT2D eigenvalue weighted by molar-refractivity contribution is 5.66. The minimum atomic E-state index is -0.780. The van der Waals surface area contributed by atoms with Crippen molar-refractivity contribution in [3.63, 3.8) is 0 Å². The highest BCUT2D eigenvalue weighted by Crippen LogP contribution is 2.02. The largest absolute Gasteiger partial charge is 0.481 e. The molecule has 2 N–H and O–H groups in total. The molecule has 0 amide bonds. The molecule has 0 fully saturated rings. The van der Waals surface area contributed by atoms with Crippen LogP contribution in [0.5, 0.6) is 0 Å². The van der Waals surface area contributed by atoms with Crippen molar-refractivity contribution in [2.45, 2.75) is 26.7 Å². The van der Waals surface area contributed by atoms with Crippen LogP contribution in [0.15, 0.2) is 0 Å². The molecule has 0 aliphatic heterocycles. The zero-order valence-electron chi connectivity index (χ0n) is 9.07. The number of rotatable bonds is 8. The molecule has 0 aliphatic carbocycles. The van der Waals surface area contributed by atoms with E-state index in [1.807, 2.05) is 4.90 Å². The summed E-state index contributed by atoms with van der Waals surface area (Å²) in [5.41, 5.74) is 0. The fraction of sp³-hybridized carbons (Fsp3) is 0.900. The Labute approximate surface area is 85.5 Å². The Morgan fingerprint density at radius 1 is 1.29 bits per heavy atom. The number of carbonyl (C=O) groups is 1. The average Bonchev–Trinajstić information content (AvgIpc) is 2.09. The molecule has 0 aromatic heterocycles. The Morgan fingerprint density at radius 2 is 1.93 bits per heavy atom. The van der Waals surface area contributed by atoms with Gasteiger partial charge in [-0.05, 0) is 18.9 Å². The van der Waals surface area contributed by atoms with Crippen molar-refractivity contribution in [2.75, 3.05) is 26.2 Å². The third-order valence-corrected chi connectivity index (χ3v) is 2.08. The molecular weight excluding hydrogens is 182 g/mol. The highest BCUT2D eigenvalue weighted by Gasteiger charge is 2.07.